The molecule has 0 heterocycles. The fourth-order valence-corrected chi connectivity index (χ4v) is 6.32. The van der Waals surface area contributed by atoms with Crippen molar-refractivity contribution >= 4 is 97.2 Å². The molecule has 1 rings (SSSR count). The van der Waals surface area contributed by atoms with Gasteiger partial charge in [-0.05, 0) is 74.2 Å². The molecule has 0 aliphatic carbocycles. The maximum Gasteiger partial charge on any atom is 0.302 e. The highest BCUT2D eigenvalue weighted by molar-refractivity contribution is 14.1. The van der Waals surface area contributed by atoms with Crippen molar-refractivity contribution in [2.45, 2.75) is 33.8 Å². The van der Waals surface area contributed by atoms with Crippen molar-refractivity contribution in [2.75, 3.05) is 18.5 Å². The molecule has 11 heteroatoms. The van der Waals surface area contributed by atoms with E-state index in [-0.39, 0.29) is 31.0 Å². The van der Waals surface area contributed by atoms with E-state index in [9.17, 15) is 19.2 Å². The van der Waals surface area contributed by atoms with Gasteiger partial charge in [-0.1, -0.05) is 0 Å². The molecule has 154 valence electrons. The van der Waals surface area contributed by atoms with E-state index in [1.807, 2.05) is 45.2 Å². The highest BCUT2D eigenvalue weighted by atomic mass is 127. The van der Waals surface area contributed by atoms with Crippen molar-refractivity contribution in [2.24, 2.45) is 0 Å². The van der Waals surface area contributed by atoms with Crippen LogP contribution in [-0.2, 0) is 30.5 Å². The van der Waals surface area contributed by atoms with E-state index in [4.69, 9.17) is 9.47 Å². The molecule has 0 aliphatic rings. The Morgan fingerprint density at radius 2 is 1.50 bits per heavy atom. The predicted octanol–water partition coefficient (Wildman–Crippen LogP) is 3.20. The monoisotopic (exact) mass is 728 g/mol. The molecule has 0 unspecified atom stereocenters. The predicted molar refractivity (Wildman–Crippen MR) is 128 cm³/mol. The number of rotatable bonds is 8. The van der Waals surface area contributed by atoms with Gasteiger partial charge in [0.25, 0.3) is 5.91 Å². The summed E-state index contributed by atoms with van der Waals surface area (Å²) in [5, 5.41) is 5.53. The number of nitrogens with one attached hydrogen (secondary N) is 2. The van der Waals surface area contributed by atoms with Crippen LogP contribution in [-0.4, -0.2) is 36.9 Å². The number of ether oxygens (including phenoxy) is 2. The molecule has 28 heavy (non-hydrogen) atoms. The lowest BCUT2D eigenvalue weighted by atomic mass is 10.1. The summed E-state index contributed by atoms with van der Waals surface area (Å²) < 4.78 is 11.9. The molecular weight excluding hydrogens is 709 g/mol. The summed E-state index contributed by atoms with van der Waals surface area (Å²) in [5.41, 5.74) is 1.53. The Hall–Kier alpha value is -0.710. The molecule has 0 saturated heterocycles. The third-order valence-electron chi connectivity index (χ3n) is 3.27. The molecule has 0 atom stereocenters. The van der Waals surface area contributed by atoms with Crippen molar-refractivity contribution in [1.82, 2.24) is 5.32 Å². The van der Waals surface area contributed by atoms with Gasteiger partial charge in [0.15, 0.2) is 0 Å². The lowest BCUT2D eigenvalue weighted by Crippen LogP contribution is -2.28. The van der Waals surface area contributed by atoms with Crippen LogP contribution in [0.5, 0.6) is 0 Å². The number of hydrogen-bond acceptors (Lipinski definition) is 6. The highest BCUT2D eigenvalue weighted by Gasteiger charge is 2.25. The Bertz CT molecular complexity index is 798. The minimum absolute atomic E-state index is 0.0118. The Labute approximate surface area is 203 Å². The Morgan fingerprint density at radius 1 is 0.893 bits per heavy atom. The van der Waals surface area contributed by atoms with Crippen LogP contribution in [0.25, 0.3) is 0 Å². The van der Waals surface area contributed by atoms with E-state index in [0.29, 0.717) is 40.5 Å². The first-order valence-electron chi connectivity index (χ1n) is 8.08. The molecule has 1 aromatic carbocycles. The zero-order valence-electron chi connectivity index (χ0n) is 15.4. The number of benzene rings is 1. The quantitative estimate of drug-likeness (QED) is 0.242. The zero-order chi connectivity index (χ0) is 21.4. The number of carbonyl (C=O) groups is 4. The fourth-order valence-electron chi connectivity index (χ4n) is 2.08. The maximum atomic E-state index is 12.8. The number of anilines is 1. The first-order chi connectivity index (χ1) is 13.1. The van der Waals surface area contributed by atoms with E-state index in [0.717, 1.165) is 0 Å². The topological polar surface area (TPSA) is 111 Å². The van der Waals surface area contributed by atoms with E-state index in [1.54, 1.807) is 0 Å². The highest BCUT2D eigenvalue weighted by Crippen LogP contribution is 2.36. The third kappa shape index (κ3) is 7.61. The van der Waals surface area contributed by atoms with Crippen LogP contribution in [0.3, 0.4) is 0 Å². The van der Waals surface area contributed by atoms with Crippen LogP contribution in [0.4, 0.5) is 5.69 Å². The van der Waals surface area contributed by atoms with Crippen LogP contribution in [0, 0.1) is 10.7 Å². The standard InChI is InChI=1S/C17H19I3N2O6/c1-8(23)22-16-14(19)11(7-28-10(3)25)13(18)12(15(16)20)17(26)21-5-4-6-27-9(2)24/h4-7H2,1-3H3,(H,21,26)(H,22,23). The second-order valence-corrected chi connectivity index (χ2v) is 8.82. The summed E-state index contributed by atoms with van der Waals surface area (Å²) >= 11 is 6.11. The minimum atomic E-state index is -0.442. The fraction of sp³-hybridized carbons (Fsp3) is 0.412. The number of esters is 2. The summed E-state index contributed by atoms with van der Waals surface area (Å²) in [7, 11) is 0. The van der Waals surface area contributed by atoms with E-state index in [1.165, 1.54) is 20.8 Å². The second-order valence-electron chi connectivity index (χ2n) is 5.58. The Morgan fingerprint density at radius 3 is 2.04 bits per heavy atom. The first-order valence-corrected chi connectivity index (χ1v) is 11.3. The molecule has 2 N–H and O–H groups in total. The van der Waals surface area contributed by atoms with Gasteiger partial charge < -0.3 is 20.1 Å². The van der Waals surface area contributed by atoms with Gasteiger partial charge >= 0.3 is 11.9 Å². The van der Waals surface area contributed by atoms with Gasteiger partial charge in [0.2, 0.25) is 5.91 Å². The first kappa shape index (κ1) is 25.3. The summed E-state index contributed by atoms with van der Waals surface area (Å²) in [5.74, 6) is -1.42. The number of amides is 2. The molecule has 0 fully saturated rings. The minimum Gasteiger partial charge on any atom is -0.466 e. The lowest BCUT2D eigenvalue weighted by molar-refractivity contribution is -0.142. The van der Waals surface area contributed by atoms with Crippen molar-refractivity contribution in [3.8, 4) is 0 Å². The summed E-state index contributed by atoms with van der Waals surface area (Å²) in [6.45, 7) is 4.53. The van der Waals surface area contributed by atoms with E-state index < -0.39 is 5.97 Å². The van der Waals surface area contributed by atoms with Gasteiger partial charge in [0.05, 0.1) is 21.4 Å². The van der Waals surface area contributed by atoms with Crippen molar-refractivity contribution in [3.05, 3.63) is 21.8 Å². The molecule has 0 bridgehead atoms. The van der Waals surface area contributed by atoms with E-state index in [2.05, 4.69) is 33.2 Å². The van der Waals surface area contributed by atoms with Gasteiger partial charge in [-0.15, -0.1) is 0 Å². The smallest absolute Gasteiger partial charge is 0.302 e. The van der Waals surface area contributed by atoms with Crippen molar-refractivity contribution in [3.63, 3.8) is 0 Å². The van der Waals surface area contributed by atoms with Crippen LogP contribution < -0.4 is 10.6 Å². The molecule has 8 nitrogen and oxygen atoms in total. The van der Waals surface area contributed by atoms with Crippen molar-refractivity contribution in [1.29, 1.82) is 0 Å². The molecular formula is C17H19I3N2O6. The summed E-state index contributed by atoms with van der Waals surface area (Å²) in [6, 6.07) is 0. The molecule has 1 aromatic rings. The van der Waals surface area contributed by atoms with Crippen molar-refractivity contribution < 1.29 is 28.7 Å². The average molecular weight is 728 g/mol. The maximum absolute atomic E-state index is 12.8. The Kier molecular flexibility index (Phi) is 10.9. The number of halogens is 3. The van der Waals surface area contributed by atoms with E-state index >= 15 is 0 Å². The lowest BCUT2D eigenvalue weighted by Gasteiger charge is -2.19. The molecule has 0 aliphatic heterocycles. The third-order valence-corrected chi connectivity index (χ3v) is 6.73. The largest absolute Gasteiger partial charge is 0.466 e. The van der Waals surface area contributed by atoms with Gasteiger partial charge in [0.1, 0.15) is 6.61 Å². The van der Waals surface area contributed by atoms with Crippen LogP contribution in [0.1, 0.15) is 43.1 Å². The van der Waals surface area contributed by atoms with Gasteiger partial charge in [-0.25, -0.2) is 0 Å². The van der Waals surface area contributed by atoms with Gasteiger partial charge in [0, 0.05) is 40.0 Å². The molecule has 0 aromatic heterocycles. The molecule has 0 radical (unpaired) electrons. The zero-order valence-corrected chi connectivity index (χ0v) is 21.9. The van der Waals surface area contributed by atoms with Gasteiger partial charge in [-0.3, -0.25) is 19.2 Å². The molecule has 0 spiro atoms. The molecule has 0 saturated carbocycles. The summed E-state index contributed by atoms with van der Waals surface area (Å²) in [6.07, 6.45) is 0.474. The van der Waals surface area contributed by atoms with Gasteiger partial charge in [-0.2, -0.15) is 0 Å². The number of carbonyl (C=O) groups excluding carboxylic acids is 4. The average Bonchev–Trinajstić information content (AvgIpc) is 2.57. The van der Waals surface area contributed by atoms with Crippen LogP contribution in [0.2, 0.25) is 0 Å². The van der Waals surface area contributed by atoms with Crippen LogP contribution in [0.15, 0.2) is 0 Å². The second kappa shape index (κ2) is 12.1. The summed E-state index contributed by atoms with van der Waals surface area (Å²) in [4.78, 5) is 46.4. The van der Waals surface area contributed by atoms with Crippen LogP contribution >= 0.6 is 67.8 Å². The number of hydrogen-bond donors (Lipinski definition) is 2. The Balaban J connectivity index is 3.18. The molecule has 2 amide bonds. The SMILES string of the molecule is CC(=O)Nc1c(I)c(COC(C)=O)c(I)c(C(=O)NCCCOC(C)=O)c1I. The normalized spacial score (nSPS) is 10.2.